The molecule has 1 saturated heterocycles. The average Bonchev–Trinajstić information content (AvgIpc) is 2.60. The molecule has 1 aliphatic heterocycles. The summed E-state index contributed by atoms with van der Waals surface area (Å²) in [4.78, 5) is 0. The molecule has 2 fully saturated rings. The van der Waals surface area contributed by atoms with E-state index < -0.39 is 0 Å². The Bertz CT molecular complexity index is 305. The molecule has 112 valence electrons. The van der Waals surface area contributed by atoms with Gasteiger partial charge in [-0.05, 0) is 69.6 Å². The molecule has 0 radical (unpaired) electrons. The first kappa shape index (κ1) is 15.3. The van der Waals surface area contributed by atoms with Gasteiger partial charge in [0.15, 0.2) is 0 Å². The molecule has 0 aromatic rings. The zero-order valence-electron chi connectivity index (χ0n) is 13.5. The van der Waals surface area contributed by atoms with Gasteiger partial charge in [-0.1, -0.05) is 20.8 Å². The second kappa shape index (κ2) is 5.37. The number of hydrogen-bond acceptors (Lipinski definition) is 2. The van der Waals surface area contributed by atoms with E-state index in [2.05, 4.69) is 34.6 Å². The van der Waals surface area contributed by atoms with E-state index in [-0.39, 0.29) is 5.60 Å². The lowest BCUT2D eigenvalue weighted by atomic mass is 9.66. The minimum atomic E-state index is 0.0901. The first-order chi connectivity index (χ1) is 8.67. The summed E-state index contributed by atoms with van der Waals surface area (Å²) < 4.78 is 6.17. The van der Waals surface area contributed by atoms with Crippen LogP contribution in [0.4, 0.5) is 0 Å². The third-order valence-electron chi connectivity index (χ3n) is 5.39. The maximum atomic E-state index is 6.37. The van der Waals surface area contributed by atoms with Crippen LogP contribution < -0.4 is 5.73 Å². The summed E-state index contributed by atoms with van der Waals surface area (Å²) >= 11 is 0. The van der Waals surface area contributed by atoms with E-state index in [9.17, 15) is 0 Å². The van der Waals surface area contributed by atoms with E-state index in [0.29, 0.717) is 23.5 Å². The van der Waals surface area contributed by atoms with Gasteiger partial charge >= 0.3 is 0 Å². The van der Waals surface area contributed by atoms with Gasteiger partial charge in [-0.25, -0.2) is 0 Å². The molecule has 19 heavy (non-hydrogen) atoms. The van der Waals surface area contributed by atoms with Crippen LogP contribution in [0.5, 0.6) is 0 Å². The van der Waals surface area contributed by atoms with Crippen molar-refractivity contribution in [2.24, 2.45) is 23.0 Å². The van der Waals surface area contributed by atoms with Gasteiger partial charge in [0.2, 0.25) is 0 Å². The number of nitrogens with two attached hydrogens (primary N) is 1. The molecule has 1 saturated carbocycles. The zero-order valence-corrected chi connectivity index (χ0v) is 13.5. The maximum Gasteiger partial charge on any atom is 0.0631 e. The molecule has 0 spiro atoms. The molecular weight excluding hydrogens is 234 g/mol. The van der Waals surface area contributed by atoms with Crippen molar-refractivity contribution in [3.8, 4) is 0 Å². The summed E-state index contributed by atoms with van der Waals surface area (Å²) in [6, 6.07) is 0.394. The van der Waals surface area contributed by atoms with Crippen molar-refractivity contribution in [1.29, 1.82) is 0 Å². The van der Waals surface area contributed by atoms with Crippen LogP contribution in [0.3, 0.4) is 0 Å². The van der Waals surface area contributed by atoms with Gasteiger partial charge in [-0.3, -0.25) is 0 Å². The lowest BCUT2D eigenvalue weighted by Gasteiger charge is -2.41. The Labute approximate surface area is 119 Å². The Hall–Kier alpha value is -0.0800. The van der Waals surface area contributed by atoms with Crippen LogP contribution >= 0.6 is 0 Å². The summed E-state index contributed by atoms with van der Waals surface area (Å²) in [5.74, 6) is 1.49. The van der Waals surface area contributed by atoms with Gasteiger partial charge in [0, 0.05) is 6.04 Å². The predicted octanol–water partition coefficient (Wildman–Crippen LogP) is 4.12. The Kier molecular flexibility index (Phi) is 4.32. The van der Waals surface area contributed by atoms with Crippen LogP contribution in [0.2, 0.25) is 0 Å². The summed E-state index contributed by atoms with van der Waals surface area (Å²) in [5.41, 5.74) is 6.89. The highest BCUT2D eigenvalue weighted by Gasteiger charge is 2.38. The summed E-state index contributed by atoms with van der Waals surface area (Å²) in [7, 11) is 0. The molecule has 0 aromatic carbocycles. The quantitative estimate of drug-likeness (QED) is 0.816. The summed E-state index contributed by atoms with van der Waals surface area (Å²) in [6.07, 6.45) is 7.84. The topological polar surface area (TPSA) is 35.2 Å². The third-order valence-corrected chi connectivity index (χ3v) is 5.39. The Morgan fingerprint density at radius 1 is 1.16 bits per heavy atom. The number of ether oxygens (including phenoxy) is 1. The predicted molar refractivity (Wildman–Crippen MR) is 81.1 cm³/mol. The fraction of sp³-hybridized carbons (Fsp3) is 1.00. The highest BCUT2D eigenvalue weighted by atomic mass is 16.5. The average molecular weight is 267 g/mol. The minimum absolute atomic E-state index is 0.0901. The summed E-state index contributed by atoms with van der Waals surface area (Å²) in [5, 5.41) is 0. The van der Waals surface area contributed by atoms with Crippen LogP contribution in [0.15, 0.2) is 0 Å². The lowest BCUT2D eigenvalue weighted by Crippen LogP contribution is -2.41. The molecule has 4 atom stereocenters. The highest BCUT2D eigenvalue weighted by molar-refractivity contribution is 4.90. The van der Waals surface area contributed by atoms with Crippen molar-refractivity contribution in [3.63, 3.8) is 0 Å². The van der Waals surface area contributed by atoms with E-state index in [1.165, 1.54) is 38.5 Å². The Balaban J connectivity index is 1.91. The SMILES string of the molecule is CC1(C)CCC(CC2CC(C(C)(C)C)CCC2N)O1. The highest BCUT2D eigenvalue weighted by Crippen LogP contribution is 2.43. The van der Waals surface area contributed by atoms with Gasteiger partial charge in [0.25, 0.3) is 0 Å². The van der Waals surface area contributed by atoms with Crippen molar-refractivity contribution < 1.29 is 4.74 Å². The van der Waals surface area contributed by atoms with Crippen molar-refractivity contribution in [2.75, 3.05) is 0 Å². The molecule has 0 aromatic heterocycles. The van der Waals surface area contributed by atoms with Crippen LogP contribution in [0, 0.1) is 17.3 Å². The molecule has 4 unspecified atom stereocenters. The van der Waals surface area contributed by atoms with Crippen molar-refractivity contribution in [3.05, 3.63) is 0 Å². The van der Waals surface area contributed by atoms with E-state index in [1.807, 2.05) is 0 Å². The second-order valence-corrected chi connectivity index (χ2v) is 8.57. The first-order valence-corrected chi connectivity index (χ1v) is 8.11. The fourth-order valence-electron chi connectivity index (χ4n) is 3.93. The molecule has 2 nitrogen and oxygen atoms in total. The van der Waals surface area contributed by atoms with E-state index in [1.54, 1.807) is 0 Å². The molecule has 1 heterocycles. The fourth-order valence-corrected chi connectivity index (χ4v) is 3.93. The van der Waals surface area contributed by atoms with Crippen molar-refractivity contribution in [2.45, 2.75) is 90.9 Å². The largest absolute Gasteiger partial charge is 0.372 e. The molecule has 0 amide bonds. The third kappa shape index (κ3) is 3.95. The van der Waals surface area contributed by atoms with Gasteiger partial charge in [-0.2, -0.15) is 0 Å². The van der Waals surface area contributed by atoms with Crippen molar-refractivity contribution >= 4 is 0 Å². The van der Waals surface area contributed by atoms with E-state index in [4.69, 9.17) is 10.5 Å². The van der Waals surface area contributed by atoms with Crippen LogP contribution in [0.25, 0.3) is 0 Å². The summed E-state index contributed by atoms with van der Waals surface area (Å²) in [6.45, 7) is 11.6. The van der Waals surface area contributed by atoms with Gasteiger partial charge < -0.3 is 10.5 Å². The van der Waals surface area contributed by atoms with E-state index in [0.717, 1.165) is 5.92 Å². The maximum absolute atomic E-state index is 6.37. The minimum Gasteiger partial charge on any atom is -0.372 e. The monoisotopic (exact) mass is 267 g/mol. The molecular formula is C17H33NO. The lowest BCUT2D eigenvalue weighted by molar-refractivity contribution is -0.0316. The van der Waals surface area contributed by atoms with Crippen LogP contribution in [-0.2, 0) is 4.74 Å². The standard InChI is InChI=1S/C17H33NO/c1-16(2,3)13-6-7-15(18)12(10-13)11-14-8-9-17(4,5)19-14/h12-15H,6-11,18H2,1-5H3. The first-order valence-electron chi connectivity index (χ1n) is 8.11. The van der Waals surface area contributed by atoms with Crippen LogP contribution in [0.1, 0.15) is 73.1 Å². The van der Waals surface area contributed by atoms with Gasteiger partial charge in [-0.15, -0.1) is 0 Å². The van der Waals surface area contributed by atoms with Crippen LogP contribution in [-0.4, -0.2) is 17.7 Å². The molecule has 1 aliphatic carbocycles. The Morgan fingerprint density at radius 2 is 1.84 bits per heavy atom. The zero-order chi connectivity index (χ0) is 14.3. The second-order valence-electron chi connectivity index (χ2n) is 8.57. The normalized spacial score (nSPS) is 39.5. The molecule has 2 aliphatic rings. The van der Waals surface area contributed by atoms with E-state index >= 15 is 0 Å². The number of hydrogen-bond donors (Lipinski definition) is 1. The molecule has 2 N–H and O–H groups in total. The Morgan fingerprint density at radius 3 is 2.37 bits per heavy atom. The molecule has 2 heteroatoms. The van der Waals surface area contributed by atoms with Gasteiger partial charge in [0.1, 0.15) is 0 Å². The number of rotatable bonds is 2. The smallest absolute Gasteiger partial charge is 0.0631 e. The van der Waals surface area contributed by atoms with Crippen molar-refractivity contribution in [1.82, 2.24) is 0 Å². The molecule has 0 bridgehead atoms. The van der Waals surface area contributed by atoms with Gasteiger partial charge in [0.05, 0.1) is 11.7 Å². The molecule has 2 rings (SSSR count).